The molecule has 0 spiro atoms. The van der Waals surface area contributed by atoms with Crippen molar-refractivity contribution in [2.24, 2.45) is 5.92 Å². The number of unbranched alkanes of at least 4 members (excludes halogenated alkanes) is 1. The molecule has 0 bridgehead atoms. The first kappa shape index (κ1) is 13.7. The molecule has 0 aromatic rings. The molecule has 0 aromatic carbocycles. The standard InChI is InChI=1S/C9H17O4P/c1-8(2)5-3-4-6-9(10)7-13-14(11)12/h8H,3-7H2,1-2H3. The molecule has 0 aliphatic rings. The Balaban J connectivity index is 3.31. The minimum Gasteiger partial charge on any atom is -0.566 e. The van der Waals surface area contributed by atoms with E-state index in [4.69, 9.17) is 0 Å². The number of hydrogen-bond donors (Lipinski definition) is 0. The summed E-state index contributed by atoms with van der Waals surface area (Å²) in [5.74, 6) is 0.505. The van der Waals surface area contributed by atoms with Crippen LogP contribution >= 0.6 is 8.25 Å². The van der Waals surface area contributed by atoms with Crippen LogP contribution in [0.5, 0.6) is 0 Å². The van der Waals surface area contributed by atoms with Gasteiger partial charge in [0, 0.05) is 6.42 Å². The quantitative estimate of drug-likeness (QED) is 0.462. The summed E-state index contributed by atoms with van der Waals surface area (Å²) in [5, 5.41) is 0. The summed E-state index contributed by atoms with van der Waals surface area (Å²) in [6.07, 6.45) is 3.34. The third-order valence-electron chi connectivity index (χ3n) is 1.82. The van der Waals surface area contributed by atoms with E-state index in [0.717, 1.165) is 19.3 Å². The average Bonchev–Trinajstić information content (AvgIpc) is 2.08. The van der Waals surface area contributed by atoms with Gasteiger partial charge in [0.2, 0.25) is 0 Å². The van der Waals surface area contributed by atoms with Gasteiger partial charge in [0.25, 0.3) is 0 Å². The van der Waals surface area contributed by atoms with E-state index in [9.17, 15) is 14.3 Å². The lowest BCUT2D eigenvalue weighted by atomic mass is 10.0. The van der Waals surface area contributed by atoms with Crippen molar-refractivity contribution in [2.45, 2.75) is 39.5 Å². The topological polar surface area (TPSA) is 66.4 Å². The molecule has 0 radical (unpaired) electrons. The van der Waals surface area contributed by atoms with Crippen LogP contribution in [0.3, 0.4) is 0 Å². The highest BCUT2D eigenvalue weighted by Gasteiger charge is 2.08. The predicted octanol–water partition coefficient (Wildman–Crippen LogP) is 1.81. The van der Waals surface area contributed by atoms with E-state index in [0.29, 0.717) is 12.3 Å². The maximum absolute atomic E-state index is 11.0. The predicted molar refractivity (Wildman–Crippen MR) is 51.9 cm³/mol. The van der Waals surface area contributed by atoms with Crippen LogP contribution in [-0.4, -0.2) is 12.4 Å². The van der Waals surface area contributed by atoms with Gasteiger partial charge in [-0.15, -0.1) is 4.52 Å². The molecule has 0 saturated heterocycles. The van der Waals surface area contributed by atoms with Crippen LogP contribution < -0.4 is 4.89 Å². The van der Waals surface area contributed by atoms with E-state index >= 15 is 0 Å². The molecular formula is C9H17O4P. The van der Waals surface area contributed by atoms with Crippen LogP contribution in [0.2, 0.25) is 0 Å². The molecule has 0 heterocycles. The number of ketones is 1. The molecule has 0 fully saturated rings. The van der Waals surface area contributed by atoms with Gasteiger partial charge in [-0.25, -0.2) is 0 Å². The Hall–Kier alpha value is -0.310. The second kappa shape index (κ2) is 8.04. The number of carbonyl (C=O) groups is 1. The molecule has 5 heteroatoms. The van der Waals surface area contributed by atoms with E-state index in [-0.39, 0.29) is 12.4 Å². The summed E-state index contributed by atoms with van der Waals surface area (Å²) in [4.78, 5) is 21.0. The minimum absolute atomic E-state index is 0.145. The van der Waals surface area contributed by atoms with Crippen LogP contribution in [0.1, 0.15) is 39.5 Å². The first-order chi connectivity index (χ1) is 6.52. The summed E-state index contributed by atoms with van der Waals surface area (Å²) >= 11 is 0. The van der Waals surface area contributed by atoms with Gasteiger partial charge < -0.3 is 4.89 Å². The molecule has 0 N–H and O–H groups in total. The second-order valence-corrected chi connectivity index (χ2v) is 4.38. The molecule has 4 nitrogen and oxygen atoms in total. The van der Waals surface area contributed by atoms with Gasteiger partial charge in [-0.05, 0) is 16.9 Å². The third kappa shape index (κ3) is 9.78. The Morgan fingerprint density at radius 1 is 1.43 bits per heavy atom. The summed E-state index contributed by atoms with van der Waals surface area (Å²) in [6.45, 7) is 3.96. The van der Waals surface area contributed by atoms with Gasteiger partial charge in [0.05, 0.1) is 0 Å². The smallest absolute Gasteiger partial charge is 0.488 e. The zero-order valence-electron chi connectivity index (χ0n) is 8.69. The lowest BCUT2D eigenvalue weighted by molar-refractivity contribution is -0.186. The lowest BCUT2D eigenvalue weighted by Crippen LogP contribution is -2.07. The largest absolute Gasteiger partial charge is 0.566 e. The summed E-state index contributed by atoms with van der Waals surface area (Å²) in [6, 6.07) is 0. The molecular weight excluding hydrogens is 203 g/mol. The first-order valence-electron chi connectivity index (χ1n) is 4.81. The Morgan fingerprint density at radius 3 is 2.57 bits per heavy atom. The van der Waals surface area contributed by atoms with Gasteiger partial charge >= 0.3 is 8.25 Å². The minimum atomic E-state index is -2.88. The van der Waals surface area contributed by atoms with E-state index in [1.807, 2.05) is 0 Å². The summed E-state index contributed by atoms with van der Waals surface area (Å²) < 4.78 is 14.2. The molecule has 1 unspecified atom stereocenters. The summed E-state index contributed by atoms with van der Waals surface area (Å²) in [5.41, 5.74) is 0. The zero-order chi connectivity index (χ0) is 11.0. The number of carbonyl (C=O) groups excluding carboxylic acids is 1. The van der Waals surface area contributed by atoms with Gasteiger partial charge in [0.15, 0.2) is 12.4 Å². The van der Waals surface area contributed by atoms with Crippen molar-refractivity contribution in [3.05, 3.63) is 0 Å². The highest BCUT2D eigenvalue weighted by Crippen LogP contribution is 2.11. The molecule has 82 valence electrons. The number of rotatable bonds is 8. The lowest BCUT2D eigenvalue weighted by Gasteiger charge is -2.02. The van der Waals surface area contributed by atoms with E-state index < -0.39 is 8.25 Å². The number of Topliss-reactive ketones (excluding diaryl/α,β-unsaturated/α-hetero) is 1. The van der Waals surface area contributed by atoms with Gasteiger partial charge in [-0.2, -0.15) is 0 Å². The van der Waals surface area contributed by atoms with Crippen LogP contribution in [0.4, 0.5) is 0 Å². The molecule has 0 aliphatic heterocycles. The Morgan fingerprint density at radius 2 is 2.07 bits per heavy atom. The molecule has 14 heavy (non-hydrogen) atoms. The normalized spacial score (nSPS) is 11.9. The fraction of sp³-hybridized carbons (Fsp3) is 0.889. The van der Waals surface area contributed by atoms with E-state index in [2.05, 4.69) is 18.4 Å². The maximum atomic E-state index is 11.0. The fourth-order valence-electron chi connectivity index (χ4n) is 1.07. The molecule has 0 saturated carbocycles. The van der Waals surface area contributed by atoms with Crippen molar-refractivity contribution in [1.29, 1.82) is 0 Å². The van der Waals surface area contributed by atoms with Crippen molar-refractivity contribution in [3.8, 4) is 0 Å². The second-order valence-electron chi connectivity index (χ2n) is 3.68. The van der Waals surface area contributed by atoms with E-state index in [1.165, 1.54) is 0 Å². The van der Waals surface area contributed by atoms with Gasteiger partial charge in [-0.3, -0.25) is 4.79 Å². The summed E-state index contributed by atoms with van der Waals surface area (Å²) in [7, 11) is -2.88. The molecule has 0 rings (SSSR count). The monoisotopic (exact) mass is 220 g/mol. The van der Waals surface area contributed by atoms with Crippen LogP contribution in [0.15, 0.2) is 0 Å². The van der Waals surface area contributed by atoms with Crippen molar-refractivity contribution in [1.82, 2.24) is 0 Å². The first-order valence-corrected chi connectivity index (χ1v) is 5.91. The Kier molecular flexibility index (Phi) is 7.86. The maximum Gasteiger partial charge on any atom is 0.488 e. The highest BCUT2D eigenvalue weighted by molar-refractivity contribution is 7.30. The fourth-order valence-corrected chi connectivity index (χ4v) is 1.32. The molecule has 0 amide bonds. The zero-order valence-corrected chi connectivity index (χ0v) is 9.59. The average molecular weight is 220 g/mol. The van der Waals surface area contributed by atoms with Crippen molar-refractivity contribution >= 4 is 14.0 Å². The van der Waals surface area contributed by atoms with Crippen molar-refractivity contribution in [2.75, 3.05) is 6.61 Å². The Labute approximate surface area is 85.6 Å². The molecule has 1 atom stereocenters. The van der Waals surface area contributed by atoms with Crippen LogP contribution in [-0.2, 0) is 13.9 Å². The van der Waals surface area contributed by atoms with E-state index in [1.54, 1.807) is 0 Å². The van der Waals surface area contributed by atoms with Crippen LogP contribution in [0, 0.1) is 5.92 Å². The highest BCUT2D eigenvalue weighted by atomic mass is 31.1. The third-order valence-corrected chi connectivity index (χ3v) is 2.16. The molecule has 0 aromatic heterocycles. The molecule has 0 aliphatic carbocycles. The van der Waals surface area contributed by atoms with Gasteiger partial charge in [0.1, 0.15) is 0 Å². The van der Waals surface area contributed by atoms with Gasteiger partial charge in [-0.1, -0.05) is 26.7 Å². The Bertz CT molecular complexity index is 191. The van der Waals surface area contributed by atoms with Crippen LogP contribution in [0.25, 0.3) is 0 Å². The van der Waals surface area contributed by atoms with Crippen molar-refractivity contribution < 1.29 is 18.8 Å². The van der Waals surface area contributed by atoms with Crippen molar-refractivity contribution in [3.63, 3.8) is 0 Å². The SMILES string of the molecule is CC(C)CCCCC(=O)CO[P+](=O)[O-]. The number of hydrogen-bond acceptors (Lipinski definition) is 4.